The van der Waals surface area contributed by atoms with E-state index in [2.05, 4.69) is 20.4 Å². The van der Waals surface area contributed by atoms with E-state index < -0.39 is 47.6 Å². The highest BCUT2D eigenvalue weighted by Gasteiger charge is 2.64. The molecular formula is C33H31F3N8O3. The van der Waals surface area contributed by atoms with Crippen LogP contribution in [-0.2, 0) is 22.3 Å². The third-order valence-electron chi connectivity index (χ3n) is 8.88. The minimum absolute atomic E-state index is 0.0382. The number of alkyl halides is 3. The molecule has 47 heavy (non-hydrogen) atoms. The lowest BCUT2D eigenvalue weighted by Gasteiger charge is -2.27. The Morgan fingerprint density at radius 2 is 1.89 bits per heavy atom. The van der Waals surface area contributed by atoms with Crippen LogP contribution in [0.1, 0.15) is 62.4 Å². The van der Waals surface area contributed by atoms with Crippen LogP contribution in [0.3, 0.4) is 0 Å². The van der Waals surface area contributed by atoms with E-state index in [1.165, 1.54) is 24.8 Å². The summed E-state index contributed by atoms with van der Waals surface area (Å²) in [5, 5.41) is 7.41. The van der Waals surface area contributed by atoms with Gasteiger partial charge in [0.2, 0.25) is 11.8 Å². The largest absolute Gasteiger partial charge is 0.433 e. The molecule has 7 rings (SSSR count). The van der Waals surface area contributed by atoms with Gasteiger partial charge in [-0.1, -0.05) is 13.0 Å². The van der Waals surface area contributed by atoms with Gasteiger partial charge in [-0.25, -0.2) is 14.5 Å². The summed E-state index contributed by atoms with van der Waals surface area (Å²) in [6.45, 7) is 7.80. The maximum Gasteiger partial charge on any atom is 0.433 e. The topological polar surface area (TPSA) is 127 Å². The lowest BCUT2D eigenvalue weighted by atomic mass is 10.0. The zero-order valence-electron chi connectivity index (χ0n) is 28.1. The van der Waals surface area contributed by atoms with Crippen LogP contribution in [0.4, 0.5) is 19.0 Å². The fraction of sp³-hybridized carbons (Fsp3) is 0.364. The molecule has 1 aliphatic carbocycles. The van der Waals surface area contributed by atoms with Crippen LogP contribution in [-0.4, -0.2) is 63.7 Å². The number of hydrogen-bond acceptors (Lipinski definition) is 7. The first-order valence-corrected chi connectivity index (χ1v) is 14.9. The van der Waals surface area contributed by atoms with Crippen LogP contribution in [0.5, 0.6) is 0 Å². The van der Waals surface area contributed by atoms with Gasteiger partial charge in [-0.3, -0.25) is 19.4 Å². The van der Waals surface area contributed by atoms with Crippen molar-refractivity contribution in [1.82, 2.24) is 34.0 Å². The normalized spacial score (nSPS) is 22.3. The standard InChI is InChI=1S/C33H31F3N8O3/c1-16-6-7-25(33(34,35)36)39-30(16)40-31(47)24-10-32(5)11-26(32)44(24)28(46)15-42-14-22(19(4)45)21-9-23(38-18(3)29(21)42)20-12-37-27-8-17(2)41-43(27)13-20/h6-9,12-14,24,26H,10-11,15H2,1-5H3,(H,39,40,47)/t24-,26+,32-/m0/s1/i11D2. The van der Waals surface area contributed by atoms with Gasteiger partial charge in [-0.2, -0.15) is 18.3 Å². The van der Waals surface area contributed by atoms with E-state index in [4.69, 9.17) is 7.73 Å². The van der Waals surface area contributed by atoms with Crippen LogP contribution >= 0.6 is 0 Å². The van der Waals surface area contributed by atoms with Crippen molar-refractivity contribution in [3.63, 3.8) is 0 Å². The van der Waals surface area contributed by atoms with E-state index in [1.807, 2.05) is 13.0 Å². The molecule has 1 saturated carbocycles. The van der Waals surface area contributed by atoms with Crippen LogP contribution < -0.4 is 5.32 Å². The predicted octanol–water partition coefficient (Wildman–Crippen LogP) is 5.31. The molecular weight excluding hydrogens is 613 g/mol. The SMILES string of the molecule is [2H]C1([2H])[C@H]2N(C(=O)Cn3cc(C(C)=O)c4cc(-c5cnc6cc(C)nn6c5)nc(C)c43)[C@H](C(=O)Nc3nc(C(F)(F)F)ccc3C)C[C@]21C. The molecule has 0 spiro atoms. The van der Waals surface area contributed by atoms with Crippen molar-refractivity contribution < 1.29 is 30.3 Å². The number of piperidine rings is 1. The second kappa shape index (κ2) is 10.4. The molecule has 0 radical (unpaired) electrons. The fourth-order valence-corrected chi connectivity index (χ4v) is 6.48. The van der Waals surface area contributed by atoms with Crippen LogP contribution in [0.2, 0.25) is 0 Å². The number of rotatable bonds is 6. The first kappa shape index (κ1) is 28.1. The minimum Gasteiger partial charge on any atom is -0.336 e. The third kappa shape index (κ3) is 5.21. The van der Waals surface area contributed by atoms with E-state index in [1.54, 1.807) is 47.6 Å². The quantitative estimate of drug-likeness (QED) is 0.248. The number of halogens is 3. The number of hydrogen-bond donors (Lipinski definition) is 1. The highest BCUT2D eigenvalue weighted by Crippen LogP contribution is 2.59. The van der Waals surface area contributed by atoms with Crippen molar-refractivity contribution in [1.29, 1.82) is 0 Å². The van der Waals surface area contributed by atoms with Crippen molar-refractivity contribution in [3.8, 4) is 11.3 Å². The first-order valence-electron chi connectivity index (χ1n) is 15.9. The number of nitrogens with one attached hydrogen (secondary N) is 1. The molecule has 6 heterocycles. The Balaban J connectivity index is 1.22. The Bertz CT molecular complexity index is 2250. The smallest absolute Gasteiger partial charge is 0.336 e. The summed E-state index contributed by atoms with van der Waals surface area (Å²) in [5.41, 5.74) is 2.09. The number of anilines is 1. The second-order valence-electron chi connectivity index (χ2n) is 12.5. The number of Topliss-reactive ketones (excluding diaryl/α,β-unsaturated/α-hetero) is 1. The number of nitrogens with zero attached hydrogens (tertiary/aromatic N) is 7. The van der Waals surface area contributed by atoms with Crippen molar-refractivity contribution in [3.05, 3.63) is 71.1 Å². The number of amides is 2. The van der Waals surface area contributed by atoms with E-state index in [0.717, 1.165) is 11.8 Å². The van der Waals surface area contributed by atoms with Gasteiger partial charge in [0.05, 0.1) is 22.6 Å². The van der Waals surface area contributed by atoms with Gasteiger partial charge in [-0.15, -0.1) is 0 Å². The van der Waals surface area contributed by atoms with E-state index >= 15 is 0 Å². The average molecular weight is 647 g/mol. The lowest BCUT2D eigenvalue weighted by molar-refractivity contribution is -0.141. The van der Waals surface area contributed by atoms with Crippen LogP contribution in [0.25, 0.3) is 27.8 Å². The molecule has 242 valence electrons. The van der Waals surface area contributed by atoms with Crippen molar-refractivity contribution >= 4 is 40.0 Å². The monoisotopic (exact) mass is 646 g/mol. The summed E-state index contributed by atoms with van der Waals surface area (Å²) in [7, 11) is 0. The van der Waals surface area contributed by atoms with Crippen LogP contribution in [0, 0.1) is 26.2 Å². The number of ketones is 1. The van der Waals surface area contributed by atoms with E-state index in [0.29, 0.717) is 39.1 Å². The zero-order chi connectivity index (χ0) is 35.4. The number of fused-ring (bicyclic) bond motifs is 3. The number of aryl methyl sites for hydroxylation is 3. The Kier molecular flexibility index (Phi) is 6.24. The summed E-state index contributed by atoms with van der Waals surface area (Å²) >= 11 is 0. The molecule has 5 aromatic rings. The van der Waals surface area contributed by atoms with Gasteiger partial charge in [0.25, 0.3) is 0 Å². The number of likely N-dealkylation sites (tertiary alicyclic amines) is 1. The van der Waals surface area contributed by atoms with Crippen LogP contribution in [0.15, 0.2) is 42.9 Å². The lowest BCUT2D eigenvalue weighted by Crippen LogP contribution is -2.46. The number of pyridine rings is 2. The van der Waals surface area contributed by atoms with Gasteiger partial charge in [0.15, 0.2) is 11.4 Å². The first-order chi connectivity index (χ1) is 22.9. The fourth-order valence-electron chi connectivity index (χ4n) is 6.48. The minimum atomic E-state index is -4.73. The highest BCUT2D eigenvalue weighted by atomic mass is 19.4. The molecule has 5 aromatic heterocycles. The molecule has 1 saturated heterocycles. The second-order valence-corrected chi connectivity index (χ2v) is 12.5. The molecule has 2 amide bonds. The third-order valence-corrected chi connectivity index (χ3v) is 8.88. The van der Waals surface area contributed by atoms with Crippen molar-refractivity contribution in [2.75, 3.05) is 5.32 Å². The Morgan fingerprint density at radius 1 is 1.13 bits per heavy atom. The molecule has 11 nitrogen and oxygen atoms in total. The average Bonchev–Trinajstić information content (AvgIpc) is 3.49. The Morgan fingerprint density at radius 3 is 2.62 bits per heavy atom. The summed E-state index contributed by atoms with van der Waals surface area (Å²) < 4.78 is 60.4. The molecule has 0 unspecified atom stereocenters. The summed E-state index contributed by atoms with van der Waals surface area (Å²) in [6.07, 6.45) is -1.57. The Hall–Kier alpha value is -5.14. The van der Waals surface area contributed by atoms with Crippen molar-refractivity contribution in [2.24, 2.45) is 5.41 Å². The van der Waals surface area contributed by atoms with Gasteiger partial charge in [0, 0.05) is 50.0 Å². The number of aromatic nitrogens is 6. The number of carbonyl (C=O) groups excluding carboxylic acids is 3. The van der Waals surface area contributed by atoms with E-state index in [-0.39, 0.29) is 30.1 Å². The van der Waals surface area contributed by atoms with Gasteiger partial charge < -0.3 is 14.8 Å². The van der Waals surface area contributed by atoms with Gasteiger partial charge >= 0.3 is 6.18 Å². The molecule has 1 N–H and O–H groups in total. The summed E-state index contributed by atoms with van der Waals surface area (Å²) in [5.74, 6) is -1.91. The van der Waals surface area contributed by atoms with E-state index in [9.17, 15) is 27.6 Å². The maximum atomic E-state index is 14.1. The van der Waals surface area contributed by atoms with Crippen molar-refractivity contribution in [2.45, 2.75) is 72.2 Å². The molecule has 2 fully saturated rings. The summed E-state index contributed by atoms with van der Waals surface area (Å²) in [4.78, 5) is 54.6. The molecule has 1 aliphatic heterocycles. The molecule has 0 bridgehead atoms. The highest BCUT2D eigenvalue weighted by molar-refractivity contribution is 6.08. The predicted molar refractivity (Wildman–Crippen MR) is 166 cm³/mol. The maximum absolute atomic E-state index is 14.1. The number of carbonyl (C=O) groups is 3. The summed E-state index contributed by atoms with van der Waals surface area (Å²) in [6, 6.07) is 3.48. The molecule has 3 atom stereocenters. The molecule has 2 aliphatic rings. The van der Waals surface area contributed by atoms with Gasteiger partial charge in [0.1, 0.15) is 24.1 Å². The Labute approximate surface area is 269 Å². The zero-order valence-corrected chi connectivity index (χ0v) is 26.1. The molecule has 14 heteroatoms. The van der Waals surface area contributed by atoms with Gasteiger partial charge in [-0.05, 0) is 63.6 Å². The molecule has 0 aromatic carbocycles.